The van der Waals surface area contributed by atoms with E-state index >= 15 is 0 Å². The third kappa shape index (κ3) is 2.67. The van der Waals surface area contributed by atoms with E-state index in [1.54, 1.807) is 42.6 Å². The lowest BCUT2D eigenvalue weighted by Gasteiger charge is -2.13. The van der Waals surface area contributed by atoms with Gasteiger partial charge in [0.1, 0.15) is 11.2 Å². The van der Waals surface area contributed by atoms with E-state index in [2.05, 4.69) is 10.1 Å². The second kappa shape index (κ2) is 6.23. The van der Waals surface area contributed by atoms with Crippen LogP contribution in [0.15, 0.2) is 47.4 Å². The van der Waals surface area contributed by atoms with Gasteiger partial charge in [0, 0.05) is 11.8 Å². The molecule has 0 bridgehead atoms. The van der Waals surface area contributed by atoms with E-state index in [-0.39, 0.29) is 11.6 Å². The Kier molecular flexibility index (Phi) is 4.12. The number of hydrogen-bond acceptors (Lipinski definition) is 5. The van der Waals surface area contributed by atoms with Crippen LogP contribution >= 0.6 is 0 Å². The molecule has 0 amide bonds. The highest BCUT2D eigenvalue weighted by atomic mass is 16.5. The number of pyridine rings is 1. The van der Waals surface area contributed by atoms with Gasteiger partial charge in [-0.05, 0) is 38.1 Å². The highest BCUT2D eigenvalue weighted by Crippen LogP contribution is 2.24. The summed E-state index contributed by atoms with van der Waals surface area (Å²) in [5, 5.41) is 5.01. The van der Waals surface area contributed by atoms with Crippen LogP contribution in [0.25, 0.3) is 22.2 Å². The average Bonchev–Trinajstić information content (AvgIpc) is 2.61. The van der Waals surface area contributed by atoms with Crippen molar-refractivity contribution in [3.63, 3.8) is 0 Å². The summed E-state index contributed by atoms with van der Waals surface area (Å²) >= 11 is 0. The smallest absolute Gasteiger partial charge is 0.337 e. The van der Waals surface area contributed by atoms with Crippen LogP contribution in [-0.4, -0.2) is 27.8 Å². The molecule has 0 aliphatic rings. The Labute approximate surface area is 138 Å². The minimum atomic E-state index is -0.398. The Morgan fingerprint density at radius 2 is 1.88 bits per heavy atom. The van der Waals surface area contributed by atoms with Crippen LogP contribution in [0, 0.1) is 0 Å². The molecule has 0 saturated carbocycles. The van der Waals surface area contributed by atoms with Gasteiger partial charge in [-0.25, -0.2) is 9.48 Å². The quantitative estimate of drug-likeness (QED) is 0.693. The Bertz CT molecular complexity index is 959. The zero-order valence-electron chi connectivity index (χ0n) is 13.7. The number of fused-ring (bicyclic) bond motifs is 1. The number of nitrogens with zero attached hydrogens (tertiary/aromatic N) is 3. The maximum absolute atomic E-state index is 12.5. The summed E-state index contributed by atoms with van der Waals surface area (Å²) in [4.78, 5) is 28.4. The van der Waals surface area contributed by atoms with Gasteiger partial charge in [-0.15, -0.1) is 0 Å². The van der Waals surface area contributed by atoms with Crippen LogP contribution in [0.4, 0.5) is 0 Å². The Balaban J connectivity index is 2.24. The largest absolute Gasteiger partial charge is 0.465 e. The number of carbonyl (C=O) groups excluding carboxylic acids is 1. The summed E-state index contributed by atoms with van der Waals surface area (Å²) in [6, 6.07) is 10.3. The molecular weight excluding hydrogens is 306 g/mol. The maximum atomic E-state index is 12.5. The third-order valence-corrected chi connectivity index (χ3v) is 3.75. The van der Waals surface area contributed by atoms with Crippen molar-refractivity contribution in [3.8, 4) is 11.3 Å². The zero-order chi connectivity index (χ0) is 17.3. The van der Waals surface area contributed by atoms with Gasteiger partial charge in [-0.1, -0.05) is 12.1 Å². The number of esters is 1. The summed E-state index contributed by atoms with van der Waals surface area (Å²) in [5.41, 5.74) is 2.22. The molecule has 0 unspecified atom stereocenters. The Morgan fingerprint density at radius 3 is 2.50 bits per heavy atom. The molecule has 122 valence electrons. The maximum Gasteiger partial charge on any atom is 0.337 e. The summed E-state index contributed by atoms with van der Waals surface area (Å²) in [6.07, 6.45) is 1.63. The molecule has 2 aromatic heterocycles. The van der Waals surface area contributed by atoms with Gasteiger partial charge < -0.3 is 4.74 Å². The fourth-order valence-electron chi connectivity index (χ4n) is 2.52. The number of hydrogen-bond donors (Lipinski definition) is 0. The molecule has 0 fully saturated rings. The molecule has 0 spiro atoms. The lowest BCUT2D eigenvalue weighted by molar-refractivity contribution is 0.0601. The summed E-state index contributed by atoms with van der Waals surface area (Å²) in [6.45, 7) is 3.81. The molecule has 24 heavy (non-hydrogen) atoms. The summed E-state index contributed by atoms with van der Waals surface area (Å²) in [5.74, 6) is -0.398. The number of methoxy groups -OCH3 is 1. The molecule has 6 nitrogen and oxygen atoms in total. The predicted molar refractivity (Wildman–Crippen MR) is 91.0 cm³/mol. The van der Waals surface area contributed by atoms with Crippen LogP contribution in [-0.2, 0) is 4.74 Å². The summed E-state index contributed by atoms with van der Waals surface area (Å²) < 4.78 is 6.16. The lowest BCUT2D eigenvalue weighted by atomic mass is 10.1. The first-order chi connectivity index (χ1) is 11.5. The molecule has 2 heterocycles. The van der Waals surface area contributed by atoms with Gasteiger partial charge >= 0.3 is 5.97 Å². The molecule has 1 aromatic carbocycles. The van der Waals surface area contributed by atoms with E-state index in [4.69, 9.17) is 4.74 Å². The zero-order valence-corrected chi connectivity index (χ0v) is 13.7. The van der Waals surface area contributed by atoms with Gasteiger partial charge in [-0.2, -0.15) is 5.10 Å². The topological polar surface area (TPSA) is 74.1 Å². The van der Waals surface area contributed by atoms with Gasteiger partial charge in [0.15, 0.2) is 0 Å². The number of benzene rings is 1. The van der Waals surface area contributed by atoms with Gasteiger partial charge in [0.05, 0.1) is 24.1 Å². The lowest BCUT2D eigenvalue weighted by Crippen LogP contribution is -2.25. The van der Waals surface area contributed by atoms with Crippen LogP contribution in [0.1, 0.15) is 30.2 Å². The first-order valence-electron chi connectivity index (χ1n) is 7.59. The highest BCUT2D eigenvalue weighted by molar-refractivity contribution is 5.92. The van der Waals surface area contributed by atoms with Crippen LogP contribution in [0.3, 0.4) is 0 Å². The average molecular weight is 323 g/mol. The second-order valence-electron chi connectivity index (χ2n) is 5.66. The van der Waals surface area contributed by atoms with E-state index in [0.717, 1.165) is 5.56 Å². The van der Waals surface area contributed by atoms with E-state index in [9.17, 15) is 9.59 Å². The van der Waals surface area contributed by atoms with Crippen LogP contribution in [0.2, 0.25) is 0 Å². The van der Waals surface area contributed by atoms with Crippen molar-refractivity contribution in [3.05, 3.63) is 58.5 Å². The van der Waals surface area contributed by atoms with E-state index in [1.165, 1.54) is 11.8 Å². The molecular formula is C18H17N3O3. The molecule has 3 rings (SSSR count). The van der Waals surface area contributed by atoms with Crippen molar-refractivity contribution in [1.29, 1.82) is 0 Å². The minimum Gasteiger partial charge on any atom is -0.465 e. The molecule has 0 aliphatic heterocycles. The van der Waals surface area contributed by atoms with Crippen LogP contribution in [0.5, 0.6) is 0 Å². The van der Waals surface area contributed by atoms with Gasteiger partial charge in [0.2, 0.25) is 0 Å². The van der Waals surface area contributed by atoms with Crippen molar-refractivity contribution < 1.29 is 9.53 Å². The van der Waals surface area contributed by atoms with Crippen molar-refractivity contribution in [1.82, 2.24) is 14.8 Å². The molecule has 0 aliphatic carbocycles. The fraction of sp³-hybridized carbons (Fsp3) is 0.222. The minimum absolute atomic E-state index is 0.0739. The first-order valence-corrected chi connectivity index (χ1v) is 7.59. The number of carbonyl (C=O) groups is 1. The SMILES string of the molecule is COC(=O)c1ccc(-c2nn(C(C)C)c(=O)c3cccnc23)cc1. The second-order valence-corrected chi connectivity index (χ2v) is 5.66. The van der Waals surface area contributed by atoms with Crippen molar-refractivity contribution in [2.75, 3.05) is 7.11 Å². The standard InChI is InChI=1S/C18H17N3O3/c1-11(2)21-17(22)14-5-4-10-19-16(14)15(20-21)12-6-8-13(9-7-12)18(23)24-3/h4-11H,1-3H3. The number of ether oxygens (including phenoxy) is 1. The van der Waals surface area contributed by atoms with E-state index in [0.29, 0.717) is 22.2 Å². The van der Waals surface area contributed by atoms with Crippen molar-refractivity contribution >= 4 is 16.9 Å². The third-order valence-electron chi connectivity index (χ3n) is 3.75. The monoisotopic (exact) mass is 323 g/mol. The molecule has 6 heteroatoms. The fourth-order valence-corrected chi connectivity index (χ4v) is 2.52. The molecule has 0 radical (unpaired) electrons. The molecule has 0 atom stereocenters. The normalized spacial score (nSPS) is 11.0. The highest BCUT2D eigenvalue weighted by Gasteiger charge is 2.15. The van der Waals surface area contributed by atoms with Crippen LogP contribution < -0.4 is 5.56 Å². The Hall–Kier alpha value is -3.02. The predicted octanol–water partition coefficient (Wildman–Crippen LogP) is 2.83. The first kappa shape index (κ1) is 15.9. The molecule has 0 saturated heterocycles. The van der Waals surface area contributed by atoms with Crippen molar-refractivity contribution in [2.45, 2.75) is 19.9 Å². The van der Waals surface area contributed by atoms with E-state index in [1.807, 2.05) is 13.8 Å². The number of rotatable bonds is 3. The van der Waals surface area contributed by atoms with Gasteiger partial charge in [-0.3, -0.25) is 9.78 Å². The number of aromatic nitrogens is 3. The molecule has 3 aromatic rings. The van der Waals surface area contributed by atoms with E-state index < -0.39 is 5.97 Å². The Morgan fingerprint density at radius 1 is 1.17 bits per heavy atom. The van der Waals surface area contributed by atoms with Gasteiger partial charge in [0.25, 0.3) is 5.56 Å². The summed E-state index contributed by atoms with van der Waals surface area (Å²) in [7, 11) is 1.34. The molecule has 0 N–H and O–H groups in total. The van der Waals surface area contributed by atoms with Crippen molar-refractivity contribution in [2.24, 2.45) is 0 Å².